The Morgan fingerprint density at radius 3 is 2.75 bits per heavy atom. The summed E-state index contributed by atoms with van der Waals surface area (Å²) in [5.74, 6) is 0.134. The highest BCUT2D eigenvalue weighted by atomic mass is 16.7. The van der Waals surface area contributed by atoms with E-state index in [-0.39, 0.29) is 47.5 Å². The number of nitrogens with zero attached hydrogens (tertiary/aromatic N) is 3. The maximum Gasteiger partial charge on any atom is 0.286 e. The molecule has 142 valence electrons. The molecule has 1 aliphatic heterocycles. The van der Waals surface area contributed by atoms with Crippen LogP contribution in [0.1, 0.15) is 16.2 Å². The second-order valence-electron chi connectivity index (χ2n) is 6.17. The standard InChI is InChI=1S/C18H14N4O6/c1-21(8-16-19-12-5-3-2-4-10(12)17(23)20-16)18(24)11-6-14-15(28-9-27-14)7-13(11)22(25)26/h2-7H,8-9H2,1H3,(H,19,20,23). The van der Waals surface area contributed by atoms with E-state index >= 15 is 0 Å². The van der Waals surface area contributed by atoms with Gasteiger partial charge in [0.2, 0.25) is 6.79 Å². The molecule has 10 nitrogen and oxygen atoms in total. The summed E-state index contributed by atoms with van der Waals surface area (Å²) in [4.78, 5) is 43.9. The fourth-order valence-corrected chi connectivity index (χ4v) is 2.97. The Labute approximate surface area is 157 Å². The maximum atomic E-state index is 12.8. The monoisotopic (exact) mass is 382 g/mol. The van der Waals surface area contributed by atoms with Gasteiger partial charge in [-0.25, -0.2) is 4.98 Å². The molecule has 1 N–H and O–H groups in total. The minimum absolute atomic E-state index is 0.0372. The summed E-state index contributed by atoms with van der Waals surface area (Å²) >= 11 is 0. The average molecular weight is 382 g/mol. The van der Waals surface area contributed by atoms with E-state index in [1.807, 2.05) is 0 Å². The van der Waals surface area contributed by atoms with Gasteiger partial charge in [0.05, 0.1) is 28.4 Å². The van der Waals surface area contributed by atoms with Crippen LogP contribution in [0.3, 0.4) is 0 Å². The fraction of sp³-hybridized carbons (Fsp3) is 0.167. The third kappa shape index (κ3) is 3.00. The van der Waals surface area contributed by atoms with Crippen molar-refractivity contribution >= 4 is 22.5 Å². The summed E-state index contributed by atoms with van der Waals surface area (Å²) in [6, 6.07) is 9.28. The van der Waals surface area contributed by atoms with Crippen LogP contribution in [0.15, 0.2) is 41.2 Å². The number of fused-ring (bicyclic) bond motifs is 2. The van der Waals surface area contributed by atoms with Gasteiger partial charge >= 0.3 is 0 Å². The van der Waals surface area contributed by atoms with E-state index in [1.165, 1.54) is 24.1 Å². The number of carbonyl (C=O) groups excluding carboxylic acids is 1. The zero-order valence-electron chi connectivity index (χ0n) is 14.7. The first kappa shape index (κ1) is 17.5. The molecule has 0 bridgehead atoms. The van der Waals surface area contributed by atoms with Crippen LogP contribution in [0.2, 0.25) is 0 Å². The number of hydrogen-bond donors (Lipinski definition) is 1. The van der Waals surface area contributed by atoms with Crippen LogP contribution in [0.4, 0.5) is 5.69 Å². The molecule has 0 spiro atoms. The van der Waals surface area contributed by atoms with Crippen LogP contribution in [0.5, 0.6) is 11.5 Å². The van der Waals surface area contributed by atoms with Gasteiger partial charge in [-0.05, 0) is 12.1 Å². The number of H-pyrrole nitrogens is 1. The summed E-state index contributed by atoms with van der Waals surface area (Å²) < 4.78 is 10.3. The van der Waals surface area contributed by atoms with E-state index in [9.17, 15) is 19.7 Å². The van der Waals surface area contributed by atoms with Gasteiger partial charge in [-0.15, -0.1) is 0 Å². The number of para-hydroxylation sites is 1. The molecule has 0 atom stereocenters. The smallest absolute Gasteiger partial charge is 0.286 e. The Morgan fingerprint density at radius 2 is 2.00 bits per heavy atom. The largest absolute Gasteiger partial charge is 0.454 e. The van der Waals surface area contributed by atoms with E-state index in [1.54, 1.807) is 24.3 Å². The maximum absolute atomic E-state index is 12.8. The van der Waals surface area contributed by atoms with Gasteiger partial charge in [0.15, 0.2) is 11.5 Å². The Morgan fingerprint density at radius 1 is 1.29 bits per heavy atom. The highest BCUT2D eigenvalue weighted by Crippen LogP contribution is 2.38. The van der Waals surface area contributed by atoms with E-state index in [4.69, 9.17) is 9.47 Å². The first-order valence-electron chi connectivity index (χ1n) is 8.25. The van der Waals surface area contributed by atoms with Crippen LogP contribution in [0.25, 0.3) is 10.9 Å². The van der Waals surface area contributed by atoms with Gasteiger partial charge in [-0.1, -0.05) is 12.1 Å². The molecule has 0 radical (unpaired) electrons. The first-order valence-corrected chi connectivity index (χ1v) is 8.25. The second kappa shape index (κ2) is 6.65. The molecule has 4 rings (SSSR count). The lowest BCUT2D eigenvalue weighted by atomic mass is 10.1. The molecule has 0 saturated heterocycles. The molecule has 0 aliphatic carbocycles. The van der Waals surface area contributed by atoms with Crippen LogP contribution in [-0.2, 0) is 6.54 Å². The number of hydrogen-bond acceptors (Lipinski definition) is 7. The van der Waals surface area contributed by atoms with Gasteiger partial charge in [0.1, 0.15) is 11.4 Å². The van der Waals surface area contributed by atoms with Gasteiger partial charge in [0, 0.05) is 13.1 Å². The third-order valence-electron chi connectivity index (χ3n) is 4.31. The minimum Gasteiger partial charge on any atom is -0.454 e. The molecule has 0 unspecified atom stereocenters. The van der Waals surface area contributed by atoms with E-state index in [2.05, 4.69) is 9.97 Å². The number of aromatic nitrogens is 2. The normalized spacial score (nSPS) is 12.2. The number of nitro benzene ring substituents is 1. The number of nitrogens with one attached hydrogen (secondary N) is 1. The van der Waals surface area contributed by atoms with Crippen LogP contribution >= 0.6 is 0 Å². The van der Waals surface area contributed by atoms with Crippen molar-refractivity contribution in [2.75, 3.05) is 13.8 Å². The van der Waals surface area contributed by atoms with Crippen molar-refractivity contribution in [1.82, 2.24) is 14.9 Å². The van der Waals surface area contributed by atoms with Crippen molar-refractivity contribution in [3.8, 4) is 11.5 Å². The molecular formula is C18H14N4O6. The summed E-state index contributed by atoms with van der Waals surface area (Å²) in [6.45, 7) is -0.104. The fourth-order valence-electron chi connectivity index (χ4n) is 2.97. The van der Waals surface area contributed by atoms with E-state index < -0.39 is 10.8 Å². The van der Waals surface area contributed by atoms with E-state index in [0.717, 1.165) is 0 Å². The zero-order chi connectivity index (χ0) is 19.8. The summed E-state index contributed by atoms with van der Waals surface area (Å²) in [6.07, 6.45) is 0. The van der Waals surface area contributed by atoms with Gasteiger partial charge in [-0.2, -0.15) is 0 Å². The molecule has 2 aromatic carbocycles. The van der Waals surface area contributed by atoms with Crippen LogP contribution < -0.4 is 15.0 Å². The lowest BCUT2D eigenvalue weighted by Crippen LogP contribution is -2.29. The lowest BCUT2D eigenvalue weighted by Gasteiger charge is -2.17. The van der Waals surface area contributed by atoms with Crippen LogP contribution in [-0.4, -0.2) is 39.5 Å². The van der Waals surface area contributed by atoms with Gasteiger partial charge in [-0.3, -0.25) is 19.7 Å². The highest BCUT2D eigenvalue weighted by molar-refractivity contribution is 5.99. The summed E-state index contributed by atoms with van der Waals surface area (Å²) in [5.41, 5.74) is -0.354. The van der Waals surface area contributed by atoms with Gasteiger partial charge in [0.25, 0.3) is 17.2 Å². The van der Waals surface area contributed by atoms with Crippen molar-refractivity contribution in [3.63, 3.8) is 0 Å². The summed E-state index contributed by atoms with van der Waals surface area (Å²) in [5, 5.41) is 11.8. The molecule has 10 heteroatoms. The zero-order valence-corrected chi connectivity index (χ0v) is 14.7. The number of nitro groups is 1. The predicted octanol–water partition coefficient (Wildman–Crippen LogP) is 1.83. The highest BCUT2D eigenvalue weighted by Gasteiger charge is 2.29. The Balaban J connectivity index is 1.66. The Bertz CT molecular complexity index is 1170. The van der Waals surface area contributed by atoms with Crippen molar-refractivity contribution in [1.29, 1.82) is 0 Å². The SMILES string of the molecule is CN(Cc1nc2ccccc2c(=O)[nH]1)C(=O)c1cc2c(cc1[N+](=O)[O-])OCO2. The average Bonchev–Trinajstić information content (AvgIpc) is 3.14. The topological polar surface area (TPSA) is 128 Å². The van der Waals surface area contributed by atoms with Gasteiger partial charge < -0.3 is 19.4 Å². The quantitative estimate of drug-likeness (QED) is 0.538. The second-order valence-corrected chi connectivity index (χ2v) is 6.17. The summed E-state index contributed by atoms with van der Waals surface area (Å²) in [7, 11) is 1.46. The van der Waals surface area contributed by atoms with Crippen molar-refractivity contribution < 1.29 is 19.2 Å². The Hall–Kier alpha value is -3.95. The molecule has 3 aromatic rings. The van der Waals surface area contributed by atoms with Crippen molar-refractivity contribution in [3.05, 3.63) is 68.3 Å². The number of aromatic amines is 1. The molecule has 0 fully saturated rings. The molecule has 1 amide bonds. The molecule has 28 heavy (non-hydrogen) atoms. The molecule has 1 aliphatic rings. The minimum atomic E-state index is -0.654. The third-order valence-corrected chi connectivity index (χ3v) is 4.31. The lowest BCUT2D eigenvalue weighted by molar-refractivity contribution is -0.385. The van der Waals surface area contributed by atoms with Crippen LogP contribution in [0, 0.1) is 10.1 Å². The molecule has 0 saturated carbocycles. The molecule has 1 aromatic heterocycles. The molecule has 2 heterocycles. The number of carbonyl (C=O) groups is 1. The number of rotatable bonds is 4. The number of amides is 1. The first-order chi connectivity index (χ1) is 13.4. The van der Waals surface area contributed by atoms with Crippen molar-refractivity contribution in [2.45, 2.75) is 6.54 Å². The molecular weight excluding hydrogens is 368 g/mol. The Kier molecular flexibility index (Phi) is 4.15. The van der Waals surface area contributed by atoms with E-state index in [0.29, 0.717) is 10.9 Å². The predicted molar refractivity (Wildman–Crippen MR) is 97.4 cm³/mol. The number of ether oxygens (including phenoxy) is 2. The van der Waals surface area contributed by atoms with Crippen molar-refractivity contribution in [2.24, 2.45) is 0 Å². The number of benzene rings is 2.